The minimum atomic E-state index is -2.65. The van der Waals surface area contributed by atoms with Gasteiger partial charge in [0.1, 0.15) is 27.3 Å². The first kappa shape index (κ1) is 17.1. The van der Waals surface area contributed by atoms with E-state index in [-0.39, 0.29) is 5.41 Å². The highest BCUT2D eigenvalue weighted by Gasteiger charge is 2.49. The Morgan fingerprint density at radius 1 is 1.38 bits per heavy atom. The van der Waals surface area contributed by atoms with Crippen molar-refractivity contribution < 1.29 is 8.95 Å². The number of fused-ring (bicyclic) bond motifs is 1. The van der Waals surface area contributed by atoms with Crippen molar-refractivity contribution in [2.75, 3.05) is 44.4 Å². The lowest BCUT2D eigenvalue weighted by atomic mass is 9.78. The van der Waals surface area contributed by atoms with Gasteiger partial charge in [-0.2, -0.15) is 5.26 Å². The van der Waals surface area contributed by atoms with Gasteiger partial charge in [-0.15, -0.1) is 0 Å². The van der Waals surface area contributed by atoms with Gasteiger partial charge in [0.15, 0.2) is 0 Å². The number of aromatic nitrogens is 1. The Hall–Kier alpha value is -2.37. The number of nitriles is 1. The number of benzene rings is 1. The minimum absolute atomic E-state index is 0.0565. The zero-order valence-corrected chi connectivity index (χ0v) is 15.7. The molecule has 2 aliphatic rings. The lowest BCUT2D eigenvalue weighted by Gasteiger charge is -2.50. The van der Waals surface area contributed by atoms with E-state index in [1.54, 1.807) is 17.6 Å². The Kier molecular flexibility index (Phi) is 3.82. The molecule has 2 saturated heterocycles. The quantitative estimate of drug-likeness (QED) is 0.893. The average molecular weight is 371 g/mol. The molecule has 0 radical (unpaired) electrons. The van der Waals surface area contributed by atoms with Crippen LogP contribution in [0.1, 0.15) is 12.0 Å². The van der Waals surface area contributed by atoms with Crippen LogP contribution < -0.4 is 9.64 Å². The smallest absolute Gasteiger partial charge is 0.145 e. The number of para-hydroxylation sites is 1. The predicted octanol–water partition coefficient (Wildman–Crippen LogP) is 2.22. The summed E-state index contributed by atoms with van der Waals surface area (Å²) in [6.45, 7) is 2.97. The van der Waals surface area contributed by atoms with Crippen molar-refractivity contribution in [3.8, 4) is 11.8 Å². The highest BCUT2D eigenvalue weighted by molar-refractivity contribution is 7.89. The summed E-state index contributed by atoms with van der Waals surface area (Å²) in [6, 6.07) is 8.00. The number of hydrogen-bond acceptors (Lipinski definition) is 6. The van der Waals surface area contributed by atoms with Gasteiger partial charge in [-0.05, 0) is 12.5 Å². The molecule has 0 amide bonds. The summed E-state index contributed by atoms with van der Waals surface area (Å²) < 4.78 is 27.0. The van der Waals surface area contributed by atoms with Gasteiger partial charge >= 0.3 is 0 Å². The molecule has 0 aliphatic carbocycles. The number of hydrogen-bond donors (Lipinski definition) is 1. The second-order valence-corrected chi connectivity index (χ2v) is 9.38. The molecule has 1 aromatic carbocycles. The molecule has 0 unspecified atom stereocenters. The Labute approximate surface area is 153 Å². The molecule has 1 aromatic heterocycles. The first-order chi connectivity index (χ1) is 12.4. The van der Waals surface area contributed by atoms with Crippen LogP contribution in [0.5, 0.6) is 5.75 Å². The zero-order chi connectivity index (χ0) is 18.5. The van der Waals surface area contributed by atoms with Crippen LogP contribution in [0.25, 0.3) is 10.9 Å². The lowest BCUT2D eigenvalue weighted by Crippen LogP contribution is -2.58. The topological polar surface area (TPSA) is 93.3 Å². The van der Waals surface area contributed by atoms with Gasteiger partial charge in [-0.1, -0.05) is 12.1 Å². The standard InChI is InChI=1S/C18H21N5O2S/c1-25-15-5-3-4-14-16(15)21-9-13(8-19)17(14)22-10-18(11-22)6-7-23(12-18)26(2,20)24/h3-5,9,20H,6-7,10-12H2,1-2H3/t26-/m0/s1. The molecule has 3 heterocycles. The van der Waals surface area contributed by atoms with Crippen molar-refractivity contribution >= 4 is 26.5 Å². The van der Waals surface area contributed by atoms with Gasteiger partial charge in [0.25, 0.3) is 0 Å². The summed E-state index contributed by atoms with van der Waals surface area (Å²) in [6.07, 6.45) is 4.02. The van der Waals surface area contributed by atoms with E-state index >= 15 is 0 Å². The molecule has 2 fully saturated rings. The highest BCUT2D eigenvalue weighted by atomic mass is 32.2. The second kappa shape index (κ2) is 5.83. The van der Waals surface area contributed by atoms with Gasteiger partial charge in [-0.25, -0.2) is 13.3 Å². The molecule has 8 heteroatoms. The summed E-state index contributed by atoms with van der Waals surface area (Å²) in [5, 5.41) is 10.5. The van der Waals surface area contributed by atoms with Crippen LogP contribution >= 0.6 is 0 Å². The number of ether oxygens (including phenoxy) is 1. The third-order valence-electron chi connectivity index (χ3n) is 5.44. The lowest BCUT2D eigenvalue weighted by molar-refractivity contribution is 0.232. The molecule has 7 nitrogen and oxygen atoms in total. The van der Waals surface area contributed by atoms with E-state index in [1.165, 1.54) is 6.26 Å². The van der Waals surface area contributed by atoms with Gasteiger partial charge in [0.05, 0.1) is 18.4 Å². The Morgan fingerprint density at radius 2 is 2.15 bits per heavy atom. The third kappa shape index (κ3) is 2.59. The van der Waals surface area contributed by atoms with Crippen molar-refractivity contribution in [1.29, 1.82) is 10.0 Å². The van der Waals surface area contributed by atoms with Crippen LogP contribution in [0.4, 0.5) is 5.69 Å². The van der Waals surface area contributed by atoms with Crippen molar-refractivity contribution in [3.63, 3.8) is 0 Å². The molecule has 4 rings (SSSR count). The number of methoxy groups -OCH3 is 1. The Morgan fingerprint density at radius 3 is 2.77 bits per heavy atom. The first-order valence-corrected chi connectivity index (χ1v) is 10.4. The van der Waals surface area contributed by atoms with Crippen molar-refractivity contribution in [1.82, 2.24) is 9.29 Å². The van der Waals surface area contributed by atoms with Crippen LogP contribution in [0.3, 0.4) is 0 Å². The number of rotatable bonds is 3. The fourth-order valence-electron chi connectivity index (χ4n) is 4.14. The van der Waals surface area contributed by atoms with E-state index in [2.05, 4.69) is 16.0 Å². The van der Waals surface area contributed by atoms with Crippen molar-refractivity contribution in [2.24, 2.45) is 5.41 Å². The number of nitrogens with one attached hydrogen (secondary N) is 1. The molecule has 136 valence electrons. The highest BCUT2D eigenvalue weighted by Crippen LogP contribution is 2.45. The van der Waals surface area contributed by atoms with E-state index in [4.69, 9.17) is 9.52 Å². The molecule has 1 spiro atoms. The molecular weight excluding hydrogens is 350 g/mol. The molecular formula is C18H21N5O2S. The molecule has 2 aliphatic heterocycles. The molecule has 0 bridgehead atoms. The molecule has 26 heavy (non-hydrogen) atoms. The summed E-state index contributed by atoms with van der Waals surface area (Å²) in [7, 11) is -1.04. The van der Waals surface area contributed by atoms with Crippen LogP contribution in [-0.2, 0) is 9.92 Å². The monoisotopic (exact) mass is 371 g/mol. The fourth-order valence-corrected chi connectivity index (χ4v) is 5.10. The van der Waals surface area contributed by atoms with E-state index in [0.29, 0.717) is 24.4 Å². The fraction of sp³-hybridized carbons (Fsp3) is 0.444. The van der Waals surface area contributed by atoms with E-state index in [1.807, 2.05) is 18.2 Å². The maximum atomic E-state index is 12.0. The molecule has 1 atom stereocenters. The van der Waals surface area contributed by atoms with Gasteiger partial charge in [0.2, 0.25) is 0 Å². The molecule has 2 aromatic rings. The number of anilines is 1. The van der Waals surface area contributed by atoms with E-state index in [0.717, 1.165) is 36.1 Å². The van der Waals surface area contributed by atoms with E-state index < -0.39 is 9.92 Å². The Balaban J connectivity index is 1.68. The summed E-state index contributed by atoms with van der Waals surface area (Å²) in [5.74, 6) is 0.690. The molecule has 0 saturated carbocycles. The van der Waals surface area contributed by atoms with Gasteiger partial charge in [0, 0.05) is 49.4 Å². The summed E-state index contributed by atoms with van der Waals surface area (Å²) >= 11 is 0. The third-order valence-corrected chi connectivity index (χ3v) is 6.73. The Bertz CT molecular complexity index is 1020. The first-order valence-electron chi connectivity index (χ1n) is 8.46. The predicted molar refractivity (Wildman–Crippen MR) is 101 cm³/mol. The number of nitrogens with zero attached hydrogens (tertiary/aromatic N) is 4. The molecule has 1 N–H and O–H groups in total. The van der Waals surface area contributed by atoms with Crippen LogP contribution in [0, 0.1) is 21.5 Å². The normalized spacial score (nSPS) is 21.3. The SMILES string of the molecule is COc1cccc2c(N3CC4(CCN([S@](C)(=N)=O)C4)C3)c(C#N)cnc12. The van der Waals surface area contributed by atoms with Gasteiger partial charge < -0.3 is 9.64 Å². The maximum Gasteiger partial charge on any atom is 0.145 e. The summed E-state index contributed by atoms with van der Waals surface area (Å²) in [5.41, 5.74) is 2.25. The second-order valence-electron chi connectivity index (χ2n) is 7.26. The summed E-state index contributed by atoms with van der Waals surface area (Å²) in [4.78, 5) is 6.61. The average Bonchev–Trinajstić information content (AvgIpc) is 3.05. The van der Waals surface area contributed by atoms with Crippen molar-refractivity contribution in [2.45, 2.75) is 6.42 Å². The van der Waals surface area contributed by atoms with E-state index in [9.17, 15) is 9.47 Å². The van der Waals surface area contributed by atoms with Crippen LogP contribution in [0.2, 0.25) is 0 Å². The van der Waals surface area contributed by atoms with Crippen LogP contribution in [0.15, 0.2) is 24.4 Å². The minimum Gasteiger partial charge on any atom is -0.494 e. The zero-order valence-electron chi connectivity index (χ0n) is 14.9. The largest absolute Gasteiger partial charge is 0.494 e. The number of pyridine rings is 1. The maximum absolute atomic E-state index is 12.0. The van der Waals surface area contributed by atoms with Gasteiger partial charge in [-0.3, -0.25) is 4.98 Å². The van der Waals surface area contributed by atoms with Crippen molar-refractivity contribution in [3.05, 3.63) is 30.0 Å². The van der Waals surface area contributed by atoms with Crippen LogP contribution in [-0.4, -0.2) is 53.0 Å².